The van der Waals surface area contributed by atoms with Crippen molar-refractivity contribution in [3.8, 4) is 0 Å². The van der Waals surface area contributed by atoms with Gasteiger partial charge in [0.1, 0.15) is 6.61 Å². The molecule has 1 heterocycles. The largest absolute Gasteiger partial charge is 0.464 e. The molecule has 20 heavy (non-hydrogen) atoms. The monoisotopic (exact) mass is 313 g/mol. The number of thioether (sulfide) groups is 1. The smallest absolute Gasteiger partial charge is 0.316 e. The van der Waals surface area contributed by atoms with E-state index in [1.807, 2.05) is 24.3 Å². The minimum absolute atomic E-state index is 0.151. The van der Waals surface area contributed by atoms with Gasteiger partial charge in [-0.3, -0.25) is 9.69 Å². The molecule has 1 aromatic carbocycles. The Balaban J connectivity index is 1.59. The number of hydrogen-bond donors (Lipinski definition) is 0. The molecule has 1 aliphatic heterocycles. The lowest BCUT2D eigenvalue weighted by molar-refractivity contribution is -0.140. The van der Waals surface area contributed by atoms with Crippen molar-refractivity contribution in [3.63, 3.8) is 0 Å². The quantitative estimate of drug-likeness (QED) is 0.594. The molecule has 0 saturated carbocycles. The zero-order chi connectivity index (χ0) is 14.2. The number of esters is 1. The number of halogens is 1. The van der Waals surface area contributed by atoms with Gasteiger partial charge in [-0.05, 0) is 50.2 Å². The van der Waals surface area contributed by atoms with Gasteiger partial charge in [0.25, 0.3) is 0 Å². The molecule has 2 rings (SSSR count). The number of benzene rings is 1. The van der Waals surface area contributed by atoms with E-state index in [2.05, 4.69) is 4.90 Å². The fourth-order valence-electron chi connectivity index (χ4n) is 2.19. The molecule has 0 spiro atoms. The molecule has 1 saturated heterocycles. The van der Waals surface area contributed by atoms with Crippen LogP contribution in [0.25, 0.3) is 0 Å². The molecule has 0 aromatic heterocycles. The molecule has 0 N–H and O–H groups in total. The van der Waals surface area contributed by atoms with Crippen molar-refractivity contribution >= 4 is 29.3 Å². The van der Waals surface area contributed by atoms with E-state index in [1.54, 1.807) is 0 Å². The van der Waals surface area contributed by atoms with Crippen molar-refractivity contribution in [1.82, 2.24) is 4.90 Å². The summed E-state index contributed by atoms with van der Waals surface area (Å²) in [6.07, 6.45) is 3.86. The zero-order valence-corrected chi connectivity index (χ0v) is 13.1. The molecule has 5 heteroatoms. The molecule has 0 aliphatic carbocycles. The van der Waals surface area contributed by atoms with Crippen LogP contribution in [0.15, 0.2) is 29.2 Å². The average Bonchev–Trinajstić information content (AvgIpc) is 2.48. The number of hydrogen-bond acceptors (Lipinski definition) is 4. The Kier molecular flexibility index (Phi) is 6.70. The lowest BCUT2D eigenvalue weighted by atomic mass is 10.1. The summed E-state index contributed by atoms with van der Waals surface area (Å²) in [5.74, 6) is 0.198. The van der Waals surface area contributed by atoms with Gasteiger partial charge in [0.05, 0.1) is 5.75 Å². The second-order valence-electron chi connectivity index (χ2n) is 4.87. The van der Waals surface area contributed by atoms with Crippen LogP contribution in [0.5, 0.6) is 0 Å². The summed E-state index contributed by atoms with van der Waals surface area (Å²) in [6.45, 7) is 3.63. The van der Waals surface area contributed by atoms with Crippen LogP contribution in [0, 0.1) is 0 Å². The number of ether oxygens (including phenoxy) is 1. The molecule has 0 amide bonds. The van der Waals surface area contributed by atoms with Crippen molar-refractivity contribution in [3.05, 3.63) is 29.3 Å². The van der Waals surface area contributed by atoms with Gasteiger partial charge in [-0.2, -0.15) is 0 Å². The number of piperidine rings is 1. The second kappa shape index (κ2) is 8.55. The van der Waals surface area contributed by atoms with Crippen LogP contribution in [-0.2, 0) is 9.53 Å². The summed E-state index contributed by atoms with van der Waals surface area (Å²) in [5.41, 5.74) is 0. The van der Waals surface area contributed by atoms with Crippen LogP contribution in [0.3, 0.4) is 0 Å². The van der Waals surface area contributed by atoms with Crippen molar-refractivity contribution in [1.29, 1.82) is 0 Å². The highest BCUT2D eigenvalue weighted by atomic mass is 35.5. The van der Waals surface area contributed by atoms with E-state index in [4.69, 9.17) is 16.3 Å². The summed E-state index contributed by atoms with van der Waals surface area (Å²) in [7, 11) is 0. The van der Waals surface area contributed by atoms with Crippen molar-refractivity contribution in [2.24, 2.45) is 0 Å². The molecule has 3 nitrogen and oxygen atoms in total. The first kappa shape index (κ1) is 15.7. The van der Waals surface area contributed by atoms with Crippen LogP contribution in [0.4, 0.5) is 0 Å². The Bertz CT molecular complexity index is 418. The molecule has 110 valence electrons. The normalized spacial score (nSPS) is 16.1. The Labute approximate surface area is 129 Å². The lowest BCUT2D eigenvalue weighted by Gasteiger charge is -2.25. The molecule has 1 aliphatic rings. The Morgan fingerprint density at radius 1 is 1.20 bits per heavy atom. The molecular formula is C15H20ClNO2S. The molecule has 0 radical (unpaired) electrons. The molecule has 0 atom stereocenters. The van der Waals surface area contributed by atoms with Crippen molar-refractivity contribution in [2.75, 3.05) is 32.0 Å². The van der Waals surface area contributed by atoms with Gasteiger partial charge in [-0.15, -0.1) is 11.8 Å². The molecule has 1 fully saturated rings. The van der Waals surface area contributed by atoms with E-state index in [0.29, 0.717) is 17.4 Å². The topological polar surface area (TPSA) is 29.5 Å². The fraction of sp³-hybridized carbons (Fsp3) is 0.533. The standard InChI is InChI=1S/C15H20ClNO2S/c16-13-4-6-14(7-5-13)20-12-15(18)19-11-10-17-8-2-1-3-9-17/h4-7H,1-3,8-12H2. The summed E-state index contributed by atoms with van der Waals surface area (Å²) >= 11 is 7.29. The van der Waals surface area contributed by atoms with Crippen LogP contribution >= 0.6 is 23.4 Å². The van der Waals surface area contributed by atoms with E-state index < -0.39 is 0 Å². The molecular weight excluding hydrogens is 294 g/mol. The second-order valence-corrected chi connectivity index (χ2v) is 6.35. The van der Waals surface area contributed by atoms with Crippen LogP contribution in [0.2, 0.25) is 5.02 Å². The highest BCUT2D eigenvalue weighted by molar-refractivity contribution is 8.00. The lowest BCUT2D eigenvalue weighted by Crippen LogP contribution is -2.33. The van der Waals surface area contributed by atoms with Crippen molar-refractivity contribution < 1.29 is 9.53 Å². The third kappa shape index (κ3) is 5.73. The highest BCUT2D eigenvalue weighted by Gasteiger charge is 2.10. The maximum atomic E-state index is 11.6. The first-order valence-electron chi connectivity index (χ1n) is 7.00. The number of carbonyl (C=O) groups excluding carboxylic acids is 1. The van der Waals surface area contributed by atoms with Gasteiger partial charge in [-0.1, -0.05) is 18.0 Å². The van der Waals surface area contributed by atoms with Crippen LogP contribution in [-0.4, -0.2) is 42.9 Å². The maximum absolute atomic E-state index is 11.6. The SMILES string of the molecule is O=C(CSc1ccc(Cl)cc1)OCCN1CCCCC1. The fourth-order valence-corrected chi connectivity index (χ4v) is 3.01. The van der Waals surface area contributed by atoms with Gasteiger partial charge in [0.2, 0.25) is 0 Å². The first-order valence-corrected chi connectivity index (χ1v) is 8.37. The molecule has 0 bridgehead atoms. The van der Waals surface area contributed by atoms with E-state index in [9.17, 15) is 4.79 Å². The summed E-state index contributed by atoms with van der Waals surface area (Å²) in [5, 5.41) is 0.707. The predicted molar refractivity (Wildman–Crippen MR) is 83.4 cm³/mol. The molecule has 0 unspecified atom stereocenters. The first-order chi connectivity index (χ1) is 9.74. The van der Waals surface area contributed by atoms with Gasteiger partial charge < -0.3 is 4.74 Å². The average molecular weight is 314 g/mol. The minimum Gasteiger partial charge on any atom is -0.464 e. The minimum atomic E-state index is -0.151. The van der Waals surface area contributed by atoms with E-state index in [-0.39, 0.29) is 5.97 Å². The zero-order valence-electron chi connectivity index (χ0n) is 11.5. The predicted octanol–water partition coefficient (Wildman–Crippen LogP) is 3.46. The Hall–Kier alpha value is -0.710. The third-order valence-corrected chi connectivity index (χ3v) is 4.53. The van der Waals surface area contributed by atoms with Gasteiger partial charge in [0, 0.05) is 16.5 Å². The Morgan fingerprint density at radius 3 is 2.60 bits per heavy atom. The van der Waals surface area contributed by atoms with E-state index in [1.165, 1.54) is 31.0 Å². The van der Waals surface area contributed by atoms with Gasteiger partial charge >= 0.3 is 5.97 Å². The third-order valence-electron chi connectivity index (χ3n) is 3.29. The van der Waals surface area contributed by atoms with Crippen LogP contribution < -0.4 is 0 Å². The van der Waals surface area contributed by atoms with Gasteiger partial charge in [-0.25, -0.2) is 0 Å². The molecule has 1 aromatic rings. The maximum Gasteiger partial charge on any atom is 0.316 e. The van der Waals surface area contributed by atoms with E-state index in [0.717, 1.165) is 24.5 Å². The number of carbonyl (C=O) groups is 1. The van der Waals surface area contributed by atoms with Crippen LogP contribution in [0.1, 0.15) is 19.3 Å². The van der Waals surface area contributed by atoms with Crippen molar-refractivity contribution in [2.45, 2.75) is 24.2 Å². The summed E-state index contributed by atoms with van der Waals surface area (Å²) in [4.78, 5) is 15.0. The highest BCUT2D eigenvalue weighted by Crippen LogP contribution is 2.20. The number of likely N-dealkylation sites (tertiary alicyclic amines) is 1. The number of nitrogens with zero attached hydrogens (tertiary/aromatic N) is 1. The Morgan fingerprint density at radius 2 is 1.90 bits per heavy atom. The summed E-state index contributed by atoms with van der Waals surface area (Å²) in [6, 6.07) is 7.47. The van der Waals surface area contributed by atoms with Gasteiger partial charge in [0.15, 0.2) is 0 Å². The van der Waals surface area contributed by atoms with E-state index >= 15 is 0 Å². The number of rotatable bonds is 6. The summed E-state index contributed by atoms with van der Waals surface area (Å²) < 4.78 is 5.26.